The second-order valence-electron chi connectivity index (χ2n) is 7.20. The number of benzene rings is 1. The average Bonchev–Trinajstić information content (AvgIpc) is 2.74. The molecule has 1 N–H and O–H groups in total. The summed E-state index contributed by atoms with van der Waals surface area (Å²) >= 11 is 0. The first-order valence-electron chi connectivity index (χ1n) is 9.54. The maximum Gasteiger partial charge on any atom is 0.503 e. The molecule has 0 radical (unpaired) electrons. The van der Waals surface area contributed by atoms with Crippen LogP contribution in [0.5, 0.6) is 0 Å². The van der Waals surface area contributed by atoms with Gasteiger partial charge in [-0.3, -0.25) is 4.79 Å². The molecule has 8 nitrogen and oxygen atoms in total. The number of carbonyl (C=O) groups excluding carboxylic acids is 1. The smallest absolute Gasteiger partial charge is 0.322 e. The number of aryl methyl sites for hydroxylation is 1. The van der Waals surface area contributed by atoms with Crippen molar-refractivity contribution in [3.63, 3.8) is 0 Å². The summed E-state index contributed by atoms with van der Waals surface area (Å²) in [5.41, 5.74) is -6.05. The van der Waals surface area contributed by atoms with Gasteiger partial charge < -0.3 is 5.32 Å². The minimum atomic E-state index is -5.87. The van der Waals surface area contributed by atoms with Crippen LogP contribution in [0.4, 0.5) is 18.9 Å². The first-order chi connectivity index (χ1) is 14.9. The lowest BCUT2D eigenvalue weighted by Crippen LogP contribution is -2.36. The number of piperidine rings is 1. The van der Waals surface area contributed by atoms with Crippen molar-refractivity contribution in [2.45, 2.75) is 41.6 Å². The zero-order valence-corrected chi connectivity index (χ0v) is 18.5. The summed E-state index contributed by atoms with van der Waals surface area (Å²) in [7, 11) is -9.71. The molecule has 1 aromatic carbocycles. The number of hydrogen-bond donors (Lipinski definition) is 1. The number of anilines is 1. The van der Waals surface area contributed by atoms with Gasteiger partial charge in [0.05, 0.1) is 10.5 Å². The van der Waals surface area contributed by atoms with Crippen LogP contribution < -0.4 is 5.32 Å². The molecule has 174 valence electrons. The highest BCUT2D eigenvalue weighted by Gasteiger charge is 2.49. The Kier molecular flexibility index (Phi) is 6.63. The molecule has 3 rings (SSSR count). The maximum atomic E-state index is 13.0. The molecule has 0 aliphatic carbocycles. The van der Waals surface area contributed by atoms with Gasteiger partial charge in [0.15, 0.2) is 5.03 Å². The molecule has 1 saturated heterocycles. The zero-order valence-electron chi connectivity index (χ0n) is 16.9. The number of sulfone groups is 1. The summed E-state index contributed by atoms with van der Waals surface area (Å²) in [6.07, 6.45) is 3.21. The van der Waals surface area contributed by atoms with E-state index in [1.807, 2.05) is 0 Å². The molecule has 1 aliphatic heterocycles. The third kappa shape index (κ3) is 4.64. The minimum absolute atomic E-state index is 0.0182. The molecule has 0 atom stereocenters. The Hall–Kier alpha value is -2.51. The highest BCUT2D eigenvalue weighted by molar-refractivity contribution is 7.92. The summed E-state index contributed by atoms with van der Waals surface area (Å²) < 4.78 is 89.8. The molecule has 0 spiro atoms. The Bertz CT molecular complexity index is 1240. The van der Waals surface area contributed by atoms with Crippen LogP contribution >= 0.6 is 0 Å². The van der Waals surface area contributed by atoms with E-state index in [1.165, 1.54) is 22.5 Å². The van der Waals surface area contributed by atoms with Gasteiger partial charge in [0.1, 0.15) is 0 Å². The number of carbonyl (C=O) groups is 1. The van der Waals surface area contributed by atoms with Crippen molar-refractivity contribution in [2.75, 3.05) is 18.4 Å². The summed E-state index contributed by atoms with van der Waals surface area (Å²) in [5.74, 6) is -1.17. The third-order valence-corrected chi connectivity index (χ3v) is 8.44. The van der Waals surface area contributed by atoms with E-state index in [0.717, 1.165) is 37.6 Å². The molecule has 1 aliphatic rings. The number of pyridine rings is 1. The molecule has 1 fully saturated rings. The number of aromatic nitrogens is 1. The first kappa shape index (κ1) is 24.1. The van der Waals surface area contributed by atoms with Crippen LogP contribution in [-0.4, -0.2) is 50.6 Å². The number of sulfonamides is 1. The Morgan fingerprint density at radius 3 is 2.34 bits per heavy atom. The van der Waals surface area contributed by atoms with Crippen molar-refractivity contribution in [2.24, 2.45) is 0 Å². The Balaban J connectivity index is 1.95. The SMILES string of the molecule is Cc1ccc(NC(=O)c2cccnc2S(=O)(=O)C(F)(F)F)cc1S(=O)(=O)N1CCCCC1. The van der Waals surface area contributed by atoms with Gasteiger partial charge in [0.25, 0.3) is 15.7 Å². The second kappa shape index (κ2) is 8.79. The molecule has 0 unspecified atom stereocenters. The topological polar surface area (TPSA) is 114 Å². The van der Waals surface area contributed by atoms with E-state index >= 15 is 0 Å². The fraction of sp³-hybridized carbons (Fsp3) is 0.368. The van der Waals surface area contributed by atoms with Gasteiger partial charge in [-0.05, 0) is 49.6 Å². The molecule has 1 amide bonds. The largest absolute Gasteiger partial charge is 0.503 e. The molecule has 2 heterocycles. The van der Waals surface area contributed by atoms with E-state index < -0.39 is 41.9 Å². The van der Waals surface area contributed by atoms with Gasteiger partial charge in [0.2, 0.25) is 10.0 Å². The highest BCUT2D eigenvalue weighted by Crippen LogP contribution is 2.31. The van der Waals surface area contributed by atoms with E-state index in [4.69, 9.17) is 0 Å². The fourth-order valence-corrected chi connectivity index (χ4v) is 5.92. The van der Waals surface area contributed by atoms with Crippen molar-refractivity contribution < 1.29 is 34.8 Å². The van der Waals surface area contributed by atoms with Crippen molar-refractivity contribution in [1.29, 1.82) is 0 Å². The molecule has 13 heteroatoms. The third-order valence-electron chi connectivity index (χ3n) is 4.95. The zero-order chi connectivity index (χ0) is 23.7. The fourth-order valence-electron chi connectivity index (χ4n) is 3.29. The molecule has 32 heavy (non-hydrogen) atoms. The quantitative estimate of drug-likeness (QED) is 0.688. The molecule has 2 aromatic rings. The number of nitrogens with zero attached hydrogens (tertiary/aromatic N) is 2. The Morgan fingerprint density at radius 2 is 1.72 bits per heavy atom. The normalized spacial score (nSPS) is 16.0. The lowest BCUT2D eigenvalue weighted by atomic mass is 10.2. The van der Waals surface area contributed by atoms with Crippen molar-refractivity contribution >= 4 is 31.5 Å². The minimum Gasteiger partial charge on any atom is -0.322 e. The molecular formula is C19H20F3N3O5S2. The summed E-state index contributed by atoms with van der Waals surface area (Å²) in [6, 6.07) is 6.03. The van der Waals surface area contributed by atoms with E-state index in [-0.39, 0.29) is 10.6 Å². The number of amides is 1. The van der Waals surface area contributed by atoms with E-state index in [1.54, 1.807) is 6.92 Å². The van der Waals surface area contributed by atoms with Gasteiger partial charge in [-0.1, -0.05) is 12.5 Å². The van der Waals surface area contributed by atoms with E-state index in [2.05, 4.69) is 10.3 Å². The lowest BCUT2D eigenvalue weighted by molar-refractivity contribution is -0.0438. The number of rotatable bonds is 5. The van der Waals surface area contributed by atoms with Crippen molar-refractivity contribution in [1.82, 2.24) is 9.29 Å². The van der Waals surface area contributed by atoms with E-state index in [9.17, 15) is 34.8 Å². The second-order valence-corrected chi connectivity index (χ2v) is 11.0. The molecule has 0 saturated carbocycles. The molecule has 0 bridgehead atoms. The monoisotopic (exact) mass is 491 g/mol. The Labute approximate surface area is 183 Å². The van der Waals surface area contributed by atoms with Crippen LogP contribution in [0.2, 0.25) is 0 Å². The van der Waals surface area contributed by atoms with Crippen molar-refractivity contribution in [3.8, 4) is 0 Å². The van der Waals surface area contributed by atoms with Crippen LogP contribution in [0, 0.1) is 6.92 Å². The summed E-state index contributed by atoms with van der Waals surface area (Å²) in [6.45, 7) is 2.32. The van der Waals surface area contributed by atoms with Crippen LogP contribution in [0.1, 0.15) is 35.2 Å². The van der Waals surface area contributed by atoms with Crippen LogP contribution in [-0.2, 0) is 19.9 Å². The van der Waals surface area contributed by atoms with Crippen LogP contribution in [0.25, 0.3) is 0 Å². The van der Waals surface area contributed by atoms with Crippen LogP contribution in [0.15, 0.2) is 46.5 Å². The predicted octanol–water partition coefficient (Wildman–Crippen LogP) is 3.11. The summed E-state index contributed by atoms with van der Waals surface area (Å²) in [5, 5.41) is 0.839. The summed E-state index contributed by atoms with van der Waals surface area (Å²) in [4.78, 5) is 15.8. The van der Waals surface area contributed by atoms with Crippen molar-refractivity contribution in [3.05, 3.63) is 47.7 Å². The van der Waals surface area contributed by atoms with Gasteiger partial charge >= 0.3 is 5.51 Å². The predicted molar refractivity (Wildman–Crippen MR) is 109 cm³/mol. The van der Waals surface area contributed by atoms with Gasteiger partial charge in [-0.15, -0.1) is 0 Å². The van der Waals surface area contributed by atoms with Gasteiger partial charge in [0, 0.05) is 25.0 Å². The van der Waals surface area contributed by atoms with Crippen LogP contribution in [0.3, 0.4) is 0 Å². The Morgan fingerprint density at radius 1 is 1.06 bits per heavy atom. The highest BCUT2D eigenvalue weighted by atomic mass is 32.2. The van der Waals surface area contributed by atoms with Gasteiger partial charge in [-0.25, -0.2) is 21.8 Å². The number of hydrogen-bond acceptors (Lipinski definition) is 6. The average molecular weight is 492 g/mol. The molecule has 1 aromatic heterocycles. The standard InChI is InChI=1S/C19H20F3N3O5S2/c1-13-7-8-14(12-16(13)32(29,30)25-10-3-2-4-11-25)24-17(26)15-6-5-9-23-18(15)31(27,28)19(20,21)22/h5-9,12H,2-4,10-11H2,1H3,(H,24,26). The molecular weight excluding hydrogens is 471 g/mol. The van der Waals surface area contributed by atoms with Gasteiger partial charge in [-0.2, -0.15) is 17.5 Å². The number of alkyl halides is 3. The first-order valence-corrected chi connectivity index (χ1v) is 12.5. The number of nitrogens with one attached hydrogen (secondary N) is 1. The maximum absolute atomic E-state index is 13.0. The van der Waals surface area contributed by atoms with E-state index in [0.29, 0.717) is 18.7 Å². The number of halogens is 3. The lowest BCUT2D eigenvalue weighted by Gasteiger charge is -2.26.